The minimum atomic E-state index is 0.132. The maximum atomic E-state index is 10.7. The third-order valence-electron chi connectivity index (χ3n) is 1.26. The highest BCUT2D eigenvalue weighted by Crippen LogP contribution is 1.94. The van der Waals surface area contributed by atoms with Crippen molar-refractivity contribution in [2.75, 3.05) is 27.7 Å². The van der Waals surface area contributed by atoms with Crippen molar-refractivity contribution >= 4 is 5.78 Å². The molecule has 0 unspecified atom stereocenters. The van der Waals surface area contributed by atoms with Crippen LogP contribution in [0.4, 0.5) is 0 Å². The van der Waals surface area contributed by atoms with Gasteiger partial charge >= 0.3 is 0 Å². The minimum Gasteiger partial charge on any atom is -0.331 e. The van der Waals surface area contributed by atoms with Gasteiger partial charge in [0.1, 0.15) is 0 Å². The molecule has 0 spiro atoms. The number of hydrogen-bond acceptors (Lipinski definition) is 1. The minimum absolute atomic E-state index is 0.132. The third-order valence-corrected chi connectivity index (χ3v) is 1.26. The molecular weight excluding hydrogens is 126 g/mol. The van der Waals surface area contributed by atoms with E-state index in [4.69, 9.17) is 0 Å². The molecule has 2 heteroatoms. The van der Waals surface area contributed by atoms with Gasteiger partial charge < -0.3 is 4.48 Å². The molecule has 0 saturated heterocycles. The lowest BCUT2D eigenvalue weighted by atomic mass is 10.2. The predicted molar refractivity (Wildman–Crippen MR) is 42.7 cm³/mol. The Morgan fingerprint density at radius 1 is 1.50 bits per heavy atom. The van der Waals surface area contributed by atoms with Gasteiger partial charge in [-0.1, -0.05) is 6.58 Å². The van der Waals surface area contributed by atoms with E-state index in [-0.39, 0.29) is 5.78 Å². The summed E-state index contributed by atoms with van der Waals surface area (Å²) >= 11 is 0. The molecule has 0 fully saturated rings. The van der Waals surface area contributed by atoms with E-state index < -0.39 is 0 Å². The molecule has 0 heterocycles. The Morgan fingerprint density at radius 3 is 2.30 bits per heavy atom. The zero-order valence-electron chi connectivity index (χ0n) is 7.05. The van der Waals surface area contributed by atoms with E-state index in [1.807, 2.05) is 0 Å². The number of ketones is 1. The van der Waals surface area contributed by atoms with Crippen LogP contribution in [-0.2, 0) is 4.79 Å². The second-order valence-corrected chi connectivity index (χ2v) is 3.43. The molecule has 0 atom stereocenters. The number of carbonyl (C=O) groups excluding carboxylic acids is 1. The Bertz CT molecular complexity index is 133. The topological polar surface area (TPSA) is 17.1 Å². The fourth-order valence-corrected chi connectivity index (χ4v) is 0.548. The highest BCUT2D eigenvalue weighted by atomic mass is 16.1. The second kappa shape index (κ2) is 3.52. The zero-order valence-corrected chi connectivity index (χ0v) is 7.05. The molecule has 0 aliphatic heterocycles. The number of hydrogen-bond donors (Lipinski definition) is 0. The van der Waals surface area contributed by atoms with Crippen LogP contribution in [0.2, 0.25) is 0 Å². The molecule has 0 N–H and O–H groups in total. The first-order valence-electron chi connectivity index (χ1n) is 3.41. The van der Waals surface area contributed by atoms with E-state index in [0.717, 1.165) is 11.0 Å². The molecule has 0 aliphatic rings. The van der Waals surface area contributed by atoms with Crippen LogP contribution in [0.3, 0.4) is 0 Å². The normalized spacial score (nSPS) is 11.1. The lowest BCUT2D eigenvalue weighted by molar-refractivity contribution is -0.869. The number of allylic oxidation sites excluding steroid dienone is 1. The molecule has 0 aliphatic carbocycles. The van der Waals surface area contributed by atoms with Gasteiger partial charge in [0, 0.05) is 0 Å². The molecule has 58 valence electrons. The Labute approximate surface area is 62.7 Å². The number of quaternary nitrogens is 1. The molecule has 10 heavy (non-hydrogen) atoms. The van der Waals surface area contributed by atoms with Crippen molar-refractivity contribution in [2.45, 2.75) is 6.42 Å². The van der Waals surface area contributed by atoms with Crippen molar-refractivity contribution in [3.05, 3.63) is 12.7 Å². The largest absolute Gasteiger partial charge is 0.331 e. The molecule has 0 aromatic carbocycles. The Kier molecular flexibility index (Phi) is 3.30. The first kappa shape index (κ1) is 9.37. The van der Waals surface area contributed by atoms with Gasteiger partial charge in [-0.3, -0.25) is 4.79 Å². The smallest absolute Gasteiger partial charge is 0.160 e. The average Bonchev–Trinajstić information content (AvgIpc) is 1.81. The summed E-state index contributed by atoms with van der Waals surface area (Å²) in [6, 6.07) is 0. The van der Waals surface area contributed by atoms with Gasteiger partial charge in [-0.2, -0.15) is 0 Å². The lowest BCUT2D eigenvalue weighted by Crippen LogP contribution is -2.36. The van der Waals surface area contributed by atoms with Crippen molar-refractivity contribution in [3.63, 3.8) is 0 Å². The molecule has 0 saturated carbocycles. The van der Waals surface area contributed by atoms with Gasteiger partial charge in [0.15, 0.2) is 5.78 Å². The molecule has 2 nitrogen and oxygen atoms in total. The summed E-state index contributed by atoms with van der Waals surface area (Å²) in [5.41, 5.74) is 0. The summed E-state index contributed by atoms with van der Waals surface area (Å²) in [6.07, 6.45) is 1.99. The van der Waals surface area contributed by atoms with E-state index in [9.17, 15) is 4.79 Å². The first-order chi connectivity index (χ1) is 4.45. The van der Waals surface area contributed by atoms with E-state index in [0.29, 0.717) is 6.42 Å². The quantitative estimate of drug-likeness (QED) is 0.420. The van der Waals surface area contributed by atoms with Crippen LogP contribution in [0.5, 0.6) is 0 Å². The molecule has 0 rings (SSSR count). The lowest BCUT2D eigenvalue weighted by Gasteiger charge is -2.22. The van der Waals surface area contributed by atoms with Crippen molar-refractivity contribution in [2.24, 2.45) is 0 Å². The number of rotatable bonds is 4. The Balaban J connectivity index is 3.55. The van der Waals surface area contributed by atoms with Crippen LogP contribution in [0, 0.1) is 0 Å². The third kappa shape index (κ3) is 5.51. The van der Waals surface area contributed by atoms with Crippen LogP contribution in [0.1, 0.15) is 6.42 Å². The van der Waals surface area contributed by atoms with Crippen LogP contribution < -0.4 is 0 Å². The van der Waals surface area contributed by atoms with Gasteiger partial charge in [-0.05, 0) is 6.08 Å². The number of carbonyl (C=O) groups is 1. The van der Waals surface area contributed by atoms with Crippen molar-refractivity contribution < 1.29 is 9.28 Å². The summed E-state index contributed by atoms with van der Waals surface area (Å²) in [5.74, 6) is 0.132. The van der Waals surface area contributed by atoms with Gasteiger partial charge in [0.2, 0.25) is 0 Å². The molecule has 0 amide bonds. The van der Waals surface area contributed by atoms with Gasteiger partial charge in [0.25, 0.3) is 0 Å². The van der Waals surface area contributed by atoms with Crippen LogP contribution in [0.15, 0.2) is 12.7 Å². The molecule has 0 radical (unpaired) electrons. The zero-order chi connectivity index (χ0) is 8.20. The summed E-state index contributed by atoms with van der Waals surface area (Å²) in [5, 5.41) is 0. The van der Waals surface area contributed by atoms with Gasteiger partial charge in [-0.25, -0.2) is 0 Å². The van der Waals surface area contributed by atoms with Crippen molar-refractivity contribution in [1.82, 2.24) is 0 Å². The molecule has 0 aromatic rings. The summed E-state index contributed by atoms with van der Waals surface area (Å²) in [7, 11) is 6.20. The second-order valence-electron chi connectivity index (χ2n) is 3.43. The van der Waals surface area contributed by atoms with E-state index in [1.54, 1.807) is 0 Å². The SMILES string of the molecule is C=CC(=O)CC[N+](C)(C)C. The van der Waals surface area contributed by atoms with Crippen molar-refractivity contribution in [1.29, 1.82) is 0 Å². The predicted octanol–water partition coefficient (Wildman–Crippen LogP) is 0.838. The van der Waals surface area contributed by atoms with E-state index in [2.05, 4.69) is 27.7 Å². The van der Waals surface area contributed by atoms with Gasteiger partial charge in [-0.15, -0.1) is 0 Å². The standard InChI is InChI=1S/C8H16NO/c1-5-8(10)6-7-9(2,3)4/h5H,1,6-7H2,2-4H3/q+1. The Morgan fingerprint density at radius 2 is 2.00 bits per heavy atom. The molecule has 0 aromatic heterocycles. The highest BCUT2D eigenvalue weighted by Gasteiger charge is 2.07. The Hall–Kier alpha value is -0.630. The highest BCUT2D eigenvalue weighted by molar-refractivity contribution is 5.89. The fourth-order valence-electron chi connectivity index (χ4n) is 0.548. The molecular formula is C8H16NO+. The summed E-state index contributed by atoms with van der Waals surface area (Å²) < 4.78 is 0.833. The summed E-state index contributed by atoms with van der Waals surface area (Å²) in [6.45, 7) is 4.28. The van der Waals surface area contributed by atoms with E-state index >= 15 is 0 Å². The van der Waals surface area contributed by atoms with E-state index in [1.165, 1.54) is 6.08 Å². The van der Waals surface area contributed by atoms with Gasteiger partial charge in [0.05, 0.1) is 34.1 Å². The van der Waals surface area contributed by atoms with Crippen LogP contribution >= 0.6 is 0 Å². The maximum absolute atomic E-state index is 10.7. The van der Waals surface area contributed by atoms with Crippen LogP contribution in [0.25, 0.3) is 0 Å². The number of nitrogens with zero attached hydrogens (tertiary/aromatic N) is 1. The summed E-state index contributed by atoms with van der Waals surface area (Å²) in [4.78, 5) is 10.7. The fraction of sp³-hybridized carbons (Fsp3) is 0.625. The average molecular weight is 142 g/mol. The van der Waals surface area contributed by atoms with Crippen LogP contribution in [-0.4, -0.2) is 38.0 Å². The molecule has 0 bridgehead atoms. The monoisotopic (exact) mass is 142 g/mol. The first-order valence-corrected chi connectivity index (χ1v) is 3.41. The maximum Gasteiger partial charge on any atom is 0.160 e. The van der Waals surface area contributed by atoms with Crippen molar-refractivity contribution in [3.8, 4) is 0 Å².